The van der Waals surface area contributed by atoms with E-state index in [1.165, 1.54) is 0 Å². The molecule has 6 aliphatic rings. The molecular formula is C20H30O5. The fourth-order valence-electron chi connectivity index (χ4n) is 8.11. The summed E-state index contributed by atoms with van der Waals surface area (Å²) in [5, 5.41) is 45.3. The number of aliphatic hydroxyl groups excluding tert-OH is 3. The molecule has 0 amide bonds. The van der Waals surface area contributed by atoms with Gasteiger partial charge in [0.2, 0.25) is 5.79 Å². The normalized spacial score (nSPS) is 61.8. The molecule has 9 atom stereocenters. The van der Waals surface area contributed by atoms with Gasteiger partial charge in [0, 0.05) is 17.3 Å². The van der Waals surface area contributed by atoms with Gasteiger partial charge in [-0.1, -0.05) is 26.0 Å². The van der Waals surface area contributed by atoms with Crippen LogP contribution in [0.5, 0.6) is 0 Å². The number of aliphatic hydroxyl groups is 4. The molecule has 0 aromatic rings. The SMILES string of the molecule is C=C1C[C@]23C(O)[C@H]1CCC2[C@@]12CO[C@]3(O)[C@@H](O)C1C(C)(C)CC[C@@H]2O. The van der Waals surface area contributed by atoms with Gasteiger partial charge in [-0.2, -0.15) is 0 Å². The van der Waals surface area contributed by atoms with E-state index < -0.39 is 34.9 Å². The van der Waals surface area contributed by atoms with Crippen LogP contribution in [0.2, 0.25) is 0 Å². The molecule has 25 heavy (non-hydrogen) atoms. The van der Waals surface area contributed by atoms with Crippen molar-refractivity contribution in [3.8, 4) is 0 Å². The summed E-state index contributed by atoms with van der Waals surface area (Å²) < 4.78 is 5.95. The summed E-state index contributed by atoms with van der Waals surface area (Å²) in [4.78, 5) is 0. The van der Waals surface area contributed by atoms with Crippen LogP contribution in [0, 0.1) is 34.0 Å². The van der Waals surface area contributed by atoms with Crippen molar-refractivity contribution in [2.45, 2.75) is 70.1 Å². The smallest absolute Gasteiger partial charge is 0.201 e. The van der Waals surface area contributed by atoms with Crippen molar-refractivity contribution in [2.24, 2.45) is 34.0 Å². The average Bonchev–Trinajstić information content (AvgIpc) is 2.69. The van der Waals surface area contributed by atoms with Crippen molar-refractivity contribution < 1.29 is 25.2 Å². The number of hydrogen-bond donors (Lipinski definition) is 4. The minimum absolute atomic E-state index is 0.0426. The highest BCUT2D eigenvalue weighted by Crippen LogP contribution is 2.77. The summed E-state index contributed by atoms with van der Waals surface area (Å²) in [6.45, 7) is 8.66. The highest BCUT2D eigenvalue weighted by molar-refractivity contribution is 5.34. The Balaban J connectivity index is 1.77. The lowest BCUT2D eigenvalue weighted by Crippen LogP contribution is -2.84. The maximum atomic E-state index is 11.6. The van der Waals surface area contributed by atoms with E-state index >= 15 is 0 Å². The topological polar surface area (TPSA) is 90.2 Å². The zero-order valence-electron chi connectivity index (χ0n) is 15.1. The molecule has 6 rings (SSSR count). The van der Waals surface area contributed by atoms with Gasteiger partial charge >= 0.3 is 0 Å². The first-order valence-electron chi connectivity index (χ1n) is 9.71. The Labute approximate surface area is 148 Å². The molecule has 4 aliphatic carbocycles. The zero-order valence-corrected chi connectivity index (χ0v) is 15.1. The monoisotopic (exact) mass is 350 g/mol. The van der Waals surface area contributed by atoms with Crippen LogP contribution in [0.25, 0.3) is 0 Å². The van der Waals surface area contributed by atoms with E-state index in [1.807, 2.05) is 0 Å². The van der Waals surface area contributed by atoms with Gasteiger partial charge in [-0.15, -0.1) is 0 Å². The van der Waals surface area contributed by atoms with E-state index in [-0.39, 0.29) is 29.8 Å². The maximum absolute atomic E-state index is 11.6. The van der Waals surface area contributed by atoms with Crippen molar-refractivity contribution in [2.75, 3.05) is 6.61 Å². The number of fused-ring (bicyclic) bond motifs is 2. The Morgan fingerprint density at radius 2 is 1.80 bits per heavy atom. The second-order valence-electron chi connectivity index (χ2n) is 10.1. The van der Waals surface area contributed by atoms with Crippen LogP contribution in [-0.2, 0) is 4.74 Å². The Morgan fingerprint density at radius 3 is 2.52 bits per heavy atom. The van der Waals surface area contributed by atoms with Gasteiger partial charge in [0.05, 0.1) is 24.2 Å². The molecule has 2 saturated heterocycles. The summed E-state index contributed by atoms with van der Waals surface area (Å²) in [6, 6.07) is 0. The van der Waals surface area contributed by atoms with Gasteiger partial charge in [0.1, 0.15) is 6.10 Å². The highest BCUT2D eigenvalue weighted by atomic mass is 16.6. The maximum Gasteiger partial charge on any atom is 0.201 e. The Kier molecular flexibility index (Phi) is 3.01. The molecule has 4 bridgehead atoms. The second-order valence-corrected chi connectivity index (χ2v) is 10.1. The lowest BCUT2D eigenvalue weighted by Gasteiger charge is -2.75. The molecule has 5 nitrogen and oxygen atoms in total. The molecule has 0 aromatic carbocycles. The van der Waals surface area contributed by atoms with E-state index in [0.29, 0.717) is 12.8 Å². The number of hydrogen-bond acceptors (Lipinski definition) is 5. The summed E-state index contributed by atoms with van der Waals surface area (Å²) in [5.41, 5.74) is -0.808. The standard InChI is InChI=1S/C20H30O5/c1-10-8-19-12(5-4-11(10)15(19)22)18-9-25-20(19,24)16(23)14(18)17(2,3)7-6-13(18)21/h11-16,21-24H,1,4-9H2,2-3H3/t11-,12?,13-,14?,15?,16-,18+,19+,20+/m0/s1. The third-order valence-corrected chi connectivity index (χ3v) is 9.02. The lowest BCUT2D eigenvalue weighted by atomic mass is 9.36. The van der Waals surface area contributed by atoms with Crippen molar-refractivity contribution in [1.82, 2.24) is 0 Å². The Hall–Kier alpha value is -0.460. The summed E-state index contributed by atoms with van der Waals surface area (Å²) >= 11 is 0. The molecule has 2 heterocycles. The van der Waals surface area contributed by atoms with E-state index in [4.69, 9.17) is 4.74 Å². The summed E-state index contributed by atoms with van der Waals surface area (Å²) in [7, 11) is 0. The first kappa shape index (κ1) is 16.7. The van der Waals surface area contributed by atoms with E-state index in [2.05, 4.69) is 20.4 Å². The minimum Gasteiger partial charge on any atom is -0.392 e. The first-order valence-corrected chi connectivity index (χ1v) is 9.71. The van der Waals surface area contributed by atoms with Crippen LogP contribution >= 0.6 is 0 Å². The van der Waals surface area contributed by atoms with Crippen molar-refractivity contribution in [3.63, 3.8) is 0 Å². The van der Waals surface area contributed by atoms with Crippen molar-refractivity contribution in [3.05, 3.63) is 12.2 Å². The number of rotatable bonds is 0. The molecule has 3 unspecified atom stereocenters. The van der Waals surface area contributed by atoms with Crippen LogP contribution in [0.15, 0.2) is 12.2 Å². The number of ether oxygens (including phenoxy) is 1. The van der Waals surface area contributed by atoms with Crippen LogP contribution in [0.4, 0.5) is 0 Å². The third-order valence-electron chi connectivity index (χ3n) is 9.02. The minimum atomic E-state index is -1.77. The molecule has 5 heteroatoms. The summed E-state index contributed by atoms with van der Waals surface area (Å²) in [6.07, 6.45) is 1.16. The fourth-order valence-corrected chi connectivity index (χ4v) is 8.11. The van der Waals surface area contributed by atoms with Gasteiger partial charge in [-0.3, -0.25) is 0 Å². The molecule has 140 valence electrons. The Morgan fingerprint density at radius 1 is 1.08 bits per heavy atom. The van der Waals surface area contributed by atoms with Crippen LogP contribution in [0.3, 0.4) is 0 Å². The first-order chi connectivity index (χ1) is 11.6. The summed E-state index contributed by atoms with van der Waals surface area (Å²) in [5.74, 6) is -2.11. The Bertz CT molecular complexity index is 646. The van der Waals surface area contributed by atoms with Crippen molar-refractivity contribution >= 4 is 0 Å². The third kappa shape index (κ3) is 1.49. The van der Waals surface area contributed by atoms with Crippen LogP contribution in [-0.4, -0.2) is 51.1 Å². The zero-order chi connectivity index (χ0) is 18.0. The average molecular weight is 350 g/mol. The predicted molar refractivity (Wildman–Crippen MR) is 90.3 cm³/mol. The van der Waals surface area contributed by atoms with Gasteiger partial charge in [0.15, 0.2) is 0 Å². The van der Waals surface area contributed by atoms with Crippen molar-refractivity contribution in [1.29, 1.82) is 0 Å². The van der Waals surface area contributed by atoms with Gasteiger partial charge in [-0.05, 0) is 43.4 Å². The molecule has 4 N–H and O–H groups in total. The fraction of sp³-hybridized carbons (Fsp3) is 0.900. The molecule has 2 spiro atoms. The van der Waals surface area contributed by atoms with Gasteiger partial charge in [-0.25, -0.2) is 0 Å². The van der Waals surface area contributed by atoms with Gasteiger partial charge in [0.25, 0.3) is 0 Å². The lowest BCUT2D eigenvalue weighted by molar-refractivity contribution is -0.468. The molecule has 2 aliphatic heterocycles. The highest BCUT2D eigenvalue weighted by Gasteiger charge is 2.83. The predicted octanol–water partition coefficient (Wildman–Crippen LogP) is 1.20. The molecule has 6 fully saturated rings. The molecule has 0 radical (unpaired) electrons. The second kappa shape index (κ2) is 4.50. The van der Waals surface area contributed by atoms with E-state index in [9.17, 15) is 20.4 Å². The van der Waals surface area contributed by atoms with E-state index in [0.717, 1.165) is 24.8 Å². The quantitative estimate of drug-likeness (QED) is 0.493. The van der Waals surface area contributed by atoms with Crippen LogP contribution in [0.1, 0.15) is 46.0 Å². The van der Waals surface area contributed by atoms with Gasteiger partial charge < -0.3 is 25.2 Å². The largest absolute Gasteiger partial charge is 0.392 e. The van der Waals surface area contributed by atoms with Crippen LogP contribution < -0.4 is 0 Å². The van der Waals surface area contributed by atoms with E-state index in [1.54, 1.807) is 0 Å². The molecular weight excluding hydrogens is 320 g/mol. The molecule has 4 saturated carbocycles. The molecule has 0 aromatic heterocycles.